The molecule has 1 aromatic carbocycles. The van der Waals surface area contributed by atoms with E-state index in [9.17, 15) is 9.90 Å². The number of benzene rings is 1. The molecule has 1 aliphatic carbocycles. The topological polar surface area (TPSA) is 53.0 Å². The van der Waals surface area contributed by atoms with Crippen molar-refractivity contribution in [3.8, 4) is 5.75 Å². The summed E-state index contributed by atoms with van der Waals surface area (Å²) in [5.74, 6) is 0.575. The summed E-state index contributed by atoms with van der Waals surface area (Å²) in [5.41, 5.74) is 1.10. The monoisotopic (exact) mass is 290 g/mol. The molecule has 114 valence electrons. The Morgan fingerprint density at radius 1 is 1.24 bits per heavy atom. The van der Waals surface area contributed by atoms with Crippen molar-refractivity contribution in [2.45, 2.75) is 18.9 Å². The Bertz CT molecular complexity index is 508. The van der Waals surface area contributed by atoms with Gasteiger partial charge in [-0.1, -0.05) is 12.1 Å². The minimum atomic E-state index is -0.664. The second-order valence-electron chi connectivity index (χ2n) is 5.82. The maximum absolute atomic E-state index is 11.5. The highest BCUT2D eigenvalue weighted by atomic mass is 16.5. The van der Waals surface area contributed by atoms with Crippen molar-refractivity contribution < 1.29 is 14.6 Å². The lowest BCUT2D eigenvalue weighted by Crippen LogP contribution is -2.53. The Labute approximate surface area is 125 Å². The van der Waals surface area contributed by atoms with Gasteiger partial charge in [0.05, 0.1) is 12.8 Å². The van der Waals surface area contributed by atoms with Gasteiger partial charge in [-0.05, 0) is 30.9 Å². The number of para-hydroxylation sites is 2. The lowest BCUT2D eigenvalue weighted by Gasteiger charge is -2.39. The molecule has 21 heavy (non-hydrogen) atoms. The number of aliphatic carboxylic acids is 1. The highest BCUT2D eigenvalue weighted by Crippen LogP contribution is 2.36. The Morgan fingerprint density at radius 3 is 2.48 bits per heavy atom. The van der Waals surface area contributed by atoms with Gasteiger partial charge in [0.2, 0.25) is 0 Å². The second kappa shape index (κ2) is 5.93. The predicted molar refractivity (Wildman–Crippen MR) is 80.9 cm³/mol. The van der Waals surface area contributed by atoms with E-state index < -0.39 is 5.97 Å². The first kappa shape index (κ1) is 14.2. The van der Waals surface area contributed by atoms with E-state index in [2.05, 4.69) is 15.9 Å². The van der Waals surface area contributed by atoms with Crippen LogP contribution in [-0.4, -0.2) is 55.3 Å². The summed E-state index contributed by atoms with van der Waals surface area (Å²) in [7, 11) is 1.68. The summed E-state index contributed by atoms with van der Waals surface area (Å²) in [6.45, 7) is 3.28. The van der Waals surface area contributed by atoms with Crippen molar-refractivity contribution in [3.05, 3.63) is 24.3 Å². The highest BCUT2D eigenvalue weighted by Gasteiger charge is 2.41. The smallest absolute Gasteiger partial charge is 0.321 e. The molecule has 2 fully saturated rings. The molecule has 1 saturated heterocycles. The van der Waals surface area contributed by atoms with Crippen LogP contribution >= 0.6 is 0 Å². The van der Waals surface area contributed by atoms with Crippen molar-refractivity contribution in [3.63, 3.8) is 0 Å². The zero-order valence-electron chi connectivity index (χ0n) is 12.4. The van der Waals surface area contributed by atoms with Gasteiger partial charge in [-0.2, -0.15) is 0 Å². The van der Waals surface area contributed by atoms with Crippen LogP contribution in [0.25, 0.3) is 0 Å². The summed E-state index contributed by atoms with van der Waals surface area (Å²) in [4.78, 5) is 15.9. The largest absolute Gasteiger partial charge is 0.495 e. The highest BCUT2D eigenvalue weighted by molar-refractivity contribution is 5.74. The zero-order valence-corrected chi connectivity index (χ0v) is 12.4. The van der Waals surface area contributed by atoms with Crippen LogP contribution in [0.15, 0.2) is 24.3 Å². The third kappa shape index (κ3) is 2.97. The number of carboxylic acids is 1. The molecule has 3 rings (SSSR count). The van der Waals surface area contributed by atoms with Crippen LogP contribution in [0, 0.1) is 5.92 Å². The summed E-state index contributed by atoms with van der Waals surface area (Å²) < 4.78 is 5.41. The van der Waals surface area contributed by atoms with Gasteiger partial charge in [0, 0.05) is 26.2 Å². The molecule has 0 radical (unpaired) electrons. The quantitative estimate of drug-likeness (QED) is 0.894. The van der Waals surface area contributed by atoms with E-state index in [1.807, 2.05) is 18.2 Å². The van der Waals surface area contributed by atoms with E-state index in [1.165, 1.54) is 0 Å². The van der Waals surface area contributed by atoms with E-state index in [4.69, 9.17) is 4.74 Å². The molecule has 1 aliphatic heterocycles. The Kier molecular flexibility index (Phi) is 4.01. The van der Waals surface area contributed by atoms with Crippen molar-refractivity contribution in [2.75, 3.05) is 38.2 Å². The molecule has 1 unspecified atom stereocenters. The number of hydrogen-bond acceptors (Lipinski definition) is 4. The van der Waals surface area contributed by atoms with Crippen LogP contribution in [-0.2, 0) is 4.79 Å². The van der Waals surface area contributed by atoms with Gasteiger partial charge >= 0.3 is 5.97 Å². The number of anilines is 1. The van der Waals surface area contributed by atoms with E-state index >= 15 is 0 Å². The lowest BCUT2D eigenvalue weighted by atomic mass is 10.1. The first-order chi connectivity index (χ1) is 10.2. The minimum absolute atomic E-state index is 0.287. The molecule has 0 amide bonds. The number of carbonyl (C=O) groups is 1. The van der Waals surface area contributed by atoms with Gasteiger partial charge in [-0.15, -0.1) is 0 Å². The van der Waals surface area contributed by atoms with Gasteiger partial charge in [-0.25, -0.2) is 0 Å². The minimum Gasteiger partial charge on any atom is -0.495 e. The summed E-state index contributed by atoms with van der Waals surface area (Å²) >= 11 is 0. The Balaban J connectivity index is 1.66. The molecule has 1 saturated carbocycles. The maximum atomic E-state index is 11.5. The second-order valence-corrected chi connectivity index (χ2v) is 5.82. The zero-order chi connectivity index (χ0) is 14.8. The Hall–Kier alpha value is -1.75. The van der Waals surface area contributed by atoms with Crippen molar-refractivity contribution in [1.82, 2.24) is 4.90 Å². The molecule has 0 spiro atoms. The maximum Gasteiger partial charge on any atom is 0.321 e. The molecule has 2 aliphatic rings. The Morgan fingerprint density at radius 2 is 1.90 bits per heavy atom. The van der Waals surface area contributed by atoms with Crippen LogP contribution in [0.5, 0.6) is 5.75 Å². The van der Waals surface area contributed by atoms with Crippen LogP contribution in [0.2, 0.25) is 0 Å². The number of piperazine rings is 1. The normalized spacial score (nSPS) is 21.1. The van der Waals surface area contributed by atoms with Gasteiger partial charge in [-0.3, -0.25) is 9.69 Å². The van der Waals surface area contributed by atoms with E-state index in [0.717, 1.165) is 50.5 Å². The number of ether oxygens (including phenoxy) is 1. The molecule has 0 bridgehead atoms. The number of rotatable bonds is 5. The average Bonchev–Trinajstić information content (AvgIpc) is 3.32. The molecule has 1 heterocycles. The molecule has 1 aromatic rings. The van der Waals surface area contributed by atoms with Crippen LogP contribution < -0.4 is 9.64 Å². The molecule has 1 atom stereocenters. The summed E-state index contributed by atoms with van der Waals surface area (Å²) in [6.07, 6.45) is 2.12. The van der Waals surface area contributed by atoms with Crippen LogP contribution in [0.3, 0.4) is 0 Å². The van der Waals surface area contributed by atoms with Crippen molar-refractivity contribution in [2.24, 2.45) is 5.92 Å². The third-order valence-corrected chi connectivity index (χ3v) is 4.46. The average molecular weight is 290 g/mol. The van der Waals surface area contributed by atoms with E-state index in [-0.39, 0.29) is 6.04 Å². The fourth-order valence-corrected chi connectivity index (χ4v) is 3.20. The first-order valence-electron chi connectivity index (χ1n) is 7.55. The van der Waals surface area contributed by atoms with Crippen molar-refractivity contribution in [1.29, 1.82) is 0 Å². The predicted octanol–water partition coefficient (Wildman–Crippen LogP) is 1.68. The number of hydrogen-bond donors (Lipinski definition) is 1. The standard InChI is InChI=1S/C16H22N2O3/c1-21-14-5-3-2-4-13(14)17-8-10-18(11-9-17)15(16(19)20)12-6-7-12/h2-5,12,15H,6-11H2,1H3,(H,19,20). The number of carboxylic acid groups (broad SMARTS) is 1. The third-order valence-electron chi connectivity index (χ3n) is 4.46. The van der Waals surface area contributed by atoms with Crippen LogP contribution in [0.1, 0.15) is 12.8 Å². The molecule has 5 nitrogen and oxygen atoms in total. The number of nitrogens with zero attached hydrogens (tertiary/aromatic N) is 2. The van der Waals surface area contributed by atoms with Gasteiger partial charge in [0.1, 0.15) is 11.8 Å². The molecule has 0 aromatic heterocycles. The molecular formula is C16H22N2O3. The molecular weight excluding hydrogens is 268 g/mol. The molecule has 1 N–H and O–H groups in total. The summed E-state index contributed by atoms with van der Waals surface area (Å²) in [6, 6.07) is 7.71. The SMILES string of the molecule is COc1ccccc1N1CCN(C(C(=O)O)C2CC2)CC1. The lowest BCUT2D eigenvalue weighted by molar-refractivity contribution is -0.144. The molecule has 5 heteroatoms. The fraction of sp³-hybridized carbons (Fsp3) is 0.562. The van der Waals surface area contributed by atoms with Gasteiger partial charge in [0.15, 0.2) is 0 Å². The van der Waals surface area contributed by atoms with Crippen LogP contribution in [0.4, 0.5) is 5.69 Å². The summed E-state index contributed by atoms with van der Waals surface area (Å²) in [5, 5.41) is 9.43. The van der Waals surface area contributed by atoms with Gasteiger partial charge < -0.3 is 14.7 Å². The van der Waals surface area contributed by atoms with E-state index in [1.54, 1.807) is 7.11 Å². The van der Waals surface area contributed by atoms with E-state index in [0.29, 0.717) is 5.92 Å². The van der Waals surface area contributed by atoms with Gasteiger partial charge in [0.25, 0.3) is 0 Å². The fourth-order valence-electron chi connectivity index (χ4n) is 3.20. The number of methoxy groups -OCH3 is 1. The van der Waals surface area contributed by atoms with Crippen molar-refractivity contribution >= 4 is 11.7 Å². The first-order valence-corrected chi connectivity index (χ1v) is 7.55.